The number of nitrogens with one attached hydrogen (secondary N) is 1. The fourth-order valence-electron chi connectivity index (χ4n) is 2.52. The van der Waals surface area contributed by atoms with Crippen molar-refractivity contribution in [1.29, 1.82) is 0 Å². The number of nitro groups is 1. The molecule has 0 aliphatic heterocycles. The van der Waals surface area contributed by atoms with Crippen LogP contribution in [0.2, 0.25) is 0 Å². The first kappa shape index (κ1) is 20.6. The first-order chi connectivity index (χ1) is 13.7. The van der Waals surface area contributed by atoms with Gasteiger partial charge in [0.05, 0.1) is 10.6 Å². The van der Waals surface area contributed by atoms with Crippen LogP contribution in [0, 0.1) is 10.1 Å². The number of nitro benzene ring substituents is 1. The molecule has 0 bridgehead atoms. The molecule has 29 heavy (non-hydrogen) atoms. The molecule has 2 aromatic carbocycles. The molecule has 1 amide bonds. The minimum Gasteiger partial charge on any atom is -0.329 e. The highest BCUT2D eigenvalue weighted by molar-refractivity contribution is 7.99. The van der Waals surface area contributed by atoms with Crippen molar-refractivity contribution in [1.82, 2.24) is 9.55 Å². The Labute approximate surface area is 170 Å². The molecule has 1 aromatic heterocycles. The third kappa shape index (κ3) is 4.63. The number of carbonyl (C=O) groups excluding carboxylic acids is 1. The lowest BCUT2D eigenvalue weighted by Crippen LogP contribution is -2.14. The number of benzene rings is 2. The maximum absolute atomic E-state index is 12.7. The third-order valence-electron chi connectivity index (χ3n) is 3.93. The SMILES string of the molecule is Cn1ccnc1Sc1ccccc1NC(=O)c1ccc(S(C)(=O)=O)c([N+](=O)[O-])c1. The molecule has 0 atom stereocenters. The second-order valence-corrected chi connectivity index (χ2v) is 9.08. The number of amides is 1. The number of hydrogen-bond donors (Lipinski definition) is 1. The summed E-state index contributed by atoms with van der Waals surface area (Å²) < 4.78 is 25.3. The van der Waals surface area contributed by atoms with Crippen LogP contribution in [-0.2, 0) is 16.9 Å². The highest BCUT2D eigenvalue weighted by atomic mass is 32.2. The number of aromatic nitrogens is 2. The molecule has 3 aromatic rings. The highest BCUT2D eigenvalue weighted by Crippen LogP contribution is 2.32. The van der Waals surface area contributed by atoms with Gasteiger partial charge in [0.15, 0.2) is 15.0 Å². The van der Waals surface area contributed by atoms with Crippen LogP contribution in [0.5, 0.6) is 0 Å². The molecule has 1 N–H and O–H groups in total. The summed E-state index contributed by atoms with van der Waals surface area (Å²) in [6, 6.07) is 10.3. The Morgan fingerprint density at radius 3 is 2.59 bits per heavy atom. The second-order valence-electron chi connectivity index (χ2n) is 6.08. The Bertz CT molecular complexity index is 1200. The molecule has 0 fully saturated rings. The lowest BCUT2D eigenvalue weighted by Gasteiger charge is -2.11. The number of anilines is 1. The Morgan fingerprint density at radius 2 is 1.97 bits per heavy atom. The van der Waals surface area contributed by atoms with Gasteiger partial charge in [0, 0.05) is 42.2 Å². The molecule has 0 aliphatic carbocycles. The zero-order chi connectivity index (χ0) is 21.2. The lowest BCUT2D eigenvalue weighted by atomic mass is 10.2. The number of nitrogens with zero attached hydrogens (tertiary/aromatic N) is 3. The van der Waals surface area contributed by atoms with Gasteiger partial charge in [0.1, 0.15) is 4.90 Å². The topological polar surface area (TPSA) is 124 Å². The molecule has 0 aliphatic rings. The number of para-hydroxylation sites is 1. The lowest BCUT2D eigenvalue weighted by molar-refractivity contribution is -0.387. The largest absolute Gasteiger partial charge is 0.329 e. The maximum atomic E-state index is 12.7. The van der Waals surface area contributed by atoms with Crippen LogP contribution < -0.4 is 5.32 Å². The summed E-state index contributed by atoms with van der Waals surface area (Å²) in [6.45, 7) is 0. The standard InChI is InChI=1S/C18H16N4O5S2/c1-21-10-9-19-18(21)28-15-6-4-3-5-13(15)20-17(23)12-7-8-16(29(2,26)27)14(11-12)22(24)25/h3-11H,1-2H3,(H,20,23). The van der Waals surface area contributed by atoms with Crippen LogP contribution in [0.3, 0.4) is 0 Å². The minimum atomic E-state index is -3.81. The molecule has 0 saturated carbocycles. The fourth-order valence-corrected chi connectivity index (χ4v) is 4.24. The van der Waals surface area contributed by atoms with Crippen LogP contribution in [0.25, 0.3) is 0 Å². The molecule has 0 saturated heterocycles. The summed E-state index contributed by atoms with van der Waals surface area (Å²) in [6.07, 6.45) is 4.33. The van der Waals surface area contributed by atoms with Gasteiger partial charge < -0.3 is 9.88 Å². The zero-order valence-electron chi connectivity index (χ0n) is 15.4. The van der Waals surface area contributed by atoms with Gasteiger partial charge in [-0.2, -0.15) is 0 Å². The predicted octanol–water partition coefficient (Wildman–Crippen LogP) is 3.14. The van der Waals surface area contributed by atoms with Crippen molar-refractivity contribution in [3.8, 4) is 0 Å². The summed E-state index contributed by atoms with van der Waals surface area (Å²) in [5, 5.41) is 14.7. The van der Waals surface area contributed by atoms with Crippen LogP contribution in [0.4, 0.5) is 11.4 Å². The van der Waals surface area contributed by atoms with Crippen LogP contribution in [0.1, 0.15) is 10.4 Å². The molecule has 9 nitrogen and oxygen atoms in total. The molecular formula is C18H16N4O5S2. The van der Waals surface area contributed by atoms with Crippen molar-refractivity contribution < 1.29 is 18.1 Å². The van der Waals surface area contributed by atoms with E-state index in [0.717, 1.165) is 28.4 Å². The number of hydrogen-bond acceptors (Lipinski definition) is 7. The number of imidazole rings is 1. The van der Waals surface area contributed by atoms with Gasteiger partial charge in [0.25, 0.3) is 11.6 Å². The van der Waals surface area contributed by atoms with Gasteiger partial charge in [-0.05, 0) is 36.0 Å². The fraction of sp³-hybridized carbons (Fsp3) is 0.111. The van der Waals surface area contributed by atoms with Crippen LogP contribution in [-0.4, -0.2) is 35.1 Å². The summed E-state index contributed by atoms with van der Waals surface area (Å²) in [4.78, 5) is 27.6. The average Bonchev–Trinajstić information content (AvgIpc) is 3.06. The van der Waals surface area contributed by atoms with E-state index in [-0.39, 0.29) is 5.56 Å². The molecule has 150 valence electrons. The van der Waals surface area contributed by atoms with Crippen molar-refractivity contribution in [3.63, 3.8) is 0 Å². The van der Waals surface area contributed by atoms with Crippen molar-refractivity contribution in [2.75, 3.05) is 11.6 Å². The zero-order valence-corrected chi connectivity index (χ0v) is 17.0. The molecule has 0 spiro atoms. The van der Waals surface area contributed by atoms with Gasteiger partial charge in [0.2, 0.25) is 0 Å². The molecular weight excluding hydrogens is 416 g/mol. The van der Waals surface area contributed by atoms with E-state index >= 15 is 0 Å². The summed E-state index contributed by atoms with van der Waals surface area (Å²) in [7, 11) is -1.96. The minimum absolute atomic E-state index is 0.0269. The van der Waals surface area contributed by atoms with Gasteiger partial charge in [-0.15, -0.1) is 0 Å². The molecule has 3 rings (SSSR count). The quantitative estimate of drug-likeness (QED) is 0.469. The van der Waals surface area contributed by atoms with Gasteiger partial charge in [-0.3, -0.25) is 14.9 Å². The smallest absolute Gasteiger partial charge is 0.288 e. The second kappa shape index (κ2) is 8.05. The van der Waals surface area contributed by atoms with Crippen molar-refractivity contribution in [3.05, 3.63) is 70.5 Å². The molecule has 0 unspecified atom stereocenters. The van der Waals surface area contributed by atoms with E-state index in [1.807, 2.05) is 23.7 Å². The monoisotopic (exact) mass is 432 g/mol. The number of rotatable bonds is 6. The van der Waals surface area contributed by atoms with Crippen LogP contribution >= 0.6 is 11.8 Å². The van der Waals surface area contributed by atoms with Gasteiger partial charge in [-0.25, -0.2) is 13.4 Å². The molecule has 1 heterocycles. The first-order valence-electron chi connectivity index (χ1n) is 8.21. The van der Waals surface area contributed by atoms with Crippen molar-refractivity contribution in [2.24, 2.45) is 7.05 Å². The normalized spacial score (nSPS) is 11.2. The third-order valence-corrected chi connectivity index (χ3v) is 6.23. The highest BCUT2D eigenvalue weighted by Gasteiger charge is 2.24. The Balaban J connectivity index is 1.91. The van der Waals surface area contributed by atoms with E-state index in [2.05, 4.69) is 10.3 Å². The van der Waals surface area contributed by atoms with E-state index in [1.54, 1.807) is 24.5 Å². The number of carbonyl (C=O) groups is 1. The first-order valence-corrected chi connectivity index (χ1v) is 10.9. The number of aryl methyl sites for hydroxylation is 1. The van der Waals surface area contributed by atoms with E-state index in [9.17, 15) is 23.3 Å². The maximum Gasteiger partial charge on any atom is 0.288 e. The summed E-state index contributed by atoms with van der Waals surface area (Å²) in [5.74, 6) is -0.596. The van der Waals surface area contributed by atoms with E-state index in [1.165, 1.54) is 17.8 Å². The van der Waals surface area contributed by atoms with Crippen molar-refractivity contribution >= 4 is 38.9 Å². The van der Waals surface area contributed by atoms with Gasteiger partial charge in [-0.1, -0.05) is 12.1 Å². The van der Waals surface area contributed by atoms with Crippen molar-refractivity contribution in [2.45, 2.75) is 14.9 Å². The van der Waals surface area contributed by atoms with Crippen LogP contribution in [0.15, 0.2) is 69.8 Å². The molecule has 0 radical (unpaired) electrons. The summed E-state index contributed by atoms with van der Waals surface area (Å²) >= 11 is 1.35. The summed E-state index contributed by atoms with van der Waals surface area (Å²) in [5.41, 5.74) is -0.169. The Hall–Kier alpha value is -3.18. The Kier molecular flexibility index (Phi) is 5.71. The molecule has 11 heteroatoms. The van der Waals surface area contributed by atoms with E-state index < -0.39 is 31.3 Å². The predicted molar refractivity (Wildman–Crippen MR) is 108 cm³/mol. The van der Waals surface area contributed by atoms with E-state index in [4.69, 9.17) is 0 Å². The van der Waals surface area contributed by atoms with Gasteiger partial charge >= 0.3 is 0 Å². The number of sulfone groups is 1. The average molecular weight is 432 g/mol. The Morgan fingerprint density at radius 1 is 1.24 bits per heavy atom. The van der Waals surface area contributed by atoms with E-state index in [0.29, 0.717) is 5.69 Å².